The zero-order valence-corrected chi connectivity index (χ0v) is 18.4. The molecule has 0 bridgehead atoms. The number of fused-ring (bicyclic) bond motifs is 3. The highest BCUT2D eigenvalue weighted by Crippen LogP contribution is 2.36. The minimum Gasteiger partial charge on any atom is -0.464 e. The zero-order valence-electron chi connectivity index (χ0n) is 18.4. The fourth-order valence-corrected chi connectivity index (χ4v) is 4.84. The summed E-state index contributed by atoms with van der Waals surface area (Å²) in [7, 11) is 0. The van der Waals surface area contributed by atoms with E-state index in [1.54, 1.807) is 12.3 Å². The second kappa shape index (κ2) is 8.09. The standard InChI is InChI=1S/C30H22N2O2/c31-30(33)25-12-6-13-26-29(25)24-16-15-21(28-14-7-17-34-28)18-27(24)32(26)19-22-10-4-5-11-23(22)20-8-2-1-3-9-20/h1-18H,19H2,(H2,31,33). The third kappa shape index (κ3) is 3.28. The van der Waals surface area contributed by atoms with Crippen LogP contribution in [0.5, 0.6) is 0 Å². The zero-order chi connectivity index (χ0) is 23.1. The predicted molar refractivity (Wildman–Crippen MR) is 137 cm³/mol. The molecule has 1 amide bonds. The van der Waals surface area contributed by atoms with Crippen molar-refractivity contribution in [3.05, 3.63) is 121 Å². The number of carbonyl (C=O) groups excluding carboxylic acids is 1. The largest absolute Gasteiger partial charge is 0.464 e. The lowest BCUT2D eigenvalue weighted by Gasteiger charge is -2.13. The van der Waals surface area contributed by atoms with Crippen LogP contribution in [0.1, 0.15) is 15.9 Å². The molecular weight excluding hydrogens is 420 g/mol. The minimum absolute atomic E-state index is 0.426. The molecule has 34 heavy (non-hydrogen) atoms. The molecule has 2 aromatic heterocycles. The Hall–Kier alpha value is -4.57. The molecule has 4 nitrogen and oxygen atoms in total. The molecule has 0 saturated carbocycles. The van der Waals surface area contributed by atoms with E-state index < -0.39 is 5.91 Å². The Morgan fingerprint density at radius 2 is 1.59 bits per heavy atom. The van der Waals surface area contributed by atoms with E-state index in [1.807, 2.05) is 30.3 Å². The summed E-state index contributed by atoms with van der Waals surface area (Å²) in [6, 6.07) is 34.7. The average Bonchev–Trinajstić information content (AvgIpc) is 3.52. The summed E-state index contributed by atoms with van der Waals surface area (Å²) < 4.78 is 7.93. The molecule has 2 N–H and O–H groups in total. The molecule has 0 atom stereocenters. The molecule has 4 heteroatoms. The van der Waals surface area contributed by atoms with Crippen molar-refractivity contribution in [3.63, 3.8) is 0 Å². The summed E-state index contributed by atoms with van der Waals surface area (Å²) in [5, 5.41) is 1.88. The van der Waals surface area contributed by atoms with Crippen LogP contribution >= 0.6 is 0 Å². The fourth-order valence-electron chi connectivity index (χ4n) is 4.84. The Bertz CT molecular complexity index is 1640. The molecule has 2 heterocycles. The first-order chi connectivity index (χ1) is 16.7. The Labute approximate surface area is 196 Å². The van der Waals surface area contributed by atoms with Crippen molar-refractivity contribution in [1.82, 2.24) is 4.57 Å². The lowest BCUT2D eigenvalue weighted by Crippen LogP contribution is -2.11. The van der Waals surface area contributed by atoms with Crippen molar-refractivity contribution >= 4 is 27.7 Å². The van der Waals surface area contributed by atoms with Crippen LogP contribution < -0.4 is 5.73 Å². The Balaban J connectivity index is 1.62. The van der Waals surface area contributed by atoms with E-state index in [9.17, 15) is 4.79 Å². The van der Waals surface area contributed by atoms with Crippen molar-refractivity contribution in [1.29, 1.82) is 0 Å². The SMILES string of the molecule is NC(=O)c1cccc2c1c1ccc(-c3ccco3)cc1n2Cc1ccccc1-c1ccccc1. The first-order valence-electron chi connectivity index (χ1n) is 11.2. The van der Waals surface area contributed by atoms with E-state index in [4.69, 9.17) is 10.2 Å². The van der Waals surface area contributed by atoms with Crippen LogP contribution in [0, 0.1) is 0 Å². The number of hydrogen-bond acceptors (Lipinski definition) is 2. The van der Waals surface area contributed by atoms with Gasteiger partial charge in [0.1, 0.15) is 5.76 Å². The normalized spacial score (nSPS) is 11.3. The van der Waals surface area contributed by atoms with Gasteiger partial charge in [-0.25, -0.2) is 0 Å². The molecule has 0 aliphatic rings. The van der Waals surface area contributed by atoms with Gasteiger partial charge in [0.15, 0.2) is 0 Å². The van der Waals surface area contributed by atoms with E-state index in [1.165, 1.54) is 16.7 Å². The van der Waals surface area contributed by atoms with E-state index in [-0.39, 0.29) is 0 Å². The molecule has 0 radical (unpaired) electrons. The number of hydrogen-bond donors (Lipinski definition) is 1. The van der Waals surface area contributed by atoms with Crippen LogP contribution in [0.2, 0.25) is 0 Å². The van der Waals surface area contributed by atoms with E-state index in [0.29, 0.717) is 12.1 Å². The summed E-state index contributed by atoms with van der Waals surface area (Å²) >= 11 is 0. The van der Waals surface area contributed by atoms with Gasteiger partial charge in [0.2, 0.25) is 5.91 Å². The molecule has 4 aromatic carbocycles. The van der Waals surface area contributed by atoms with E-state index >= 15 is 0 Å². The topological polar surface area (TPSA) is 61.2 Å². The maximum atomic E-state index is 12.3. The van der Waals surface area contributed by atoms with Gasteiger partial charge in [-0.2, -0.15) is 0 Å². The van der Waals surface area contributed by atoms with E-state index in [0.717, 1.165) is 33.1 Å². The number of primary amides is 1. The number of carbonyl (C=O) groups is 1. The molecular formula is C30H22N2O2. The van der Waals surface area contributed by atoms with Gasteiger partial charge in [0.05, 0.1) is 17.3 Å². The van der Waals surface area contributed by atoms with Gasteiger partial charge >= 0.3 is 0 Å². The summed E-state index contributed by atoms with van der Waals surface area (Å²) in [4.78, 5) is 12.3. The number of benzene rings is 4. The molecule has 6 aromatic rings. The van der Waals surface area contributed by atoms with Crippen LogP contribution in [-0.2, 0) is 6.54 Å². The van der Waals surface area contributed by atoms with Crippen LogP contribution in [0.4, 0.5) is 0 Å². The van der Waals surface area contributed by atoms with Crippen molar-refractivity contribution in [2.45, 2.75) is 6.54 Å². The number of nitrogens with two attached hydrogens (primary N) is 1. The summed E-state index contributed by atoms with van der Waals surface area (Å²) in [6.07, 6.45) is 1.68. The fraction of sp³-hybridized carbons (Fsp3) is 0.0333. The van der Waals surface area contributed by atoms with Gasteiger partial charge in [-0.1, -0.05) is 72.8 Å². The van der Waals surface area contributed by atoms with Crippen molar-refractivity contribution in [2.24, 2.45) is 5.73 Å². The van der Waals surface area contributed by atoms with Gasteiger partial charge < -0.3 is 14.7 Å². The second-order valence-electron chi connectivity index (χ2n) is 8.38. The second-order valence-corrected chi connectivity index (χ2v) is 8.38. The van der Waals surface area contributed by atoms with Crippen molar-refractivity contribution < 1.29 is 9.21 Å². The smallest absolute Gasteiger partial charge is 0.249 e. The average molecular weight is 443 g/mol. The third-order valence-electron chi connectivity index (χ3n) is 6.39. The lowest BCUT2D eigenvalue weighted by atomic mass is 9.99. The van der Waals surface area contributed by atoms with E-state index in [2.05, 4.69) is 71.3 Å². The van der Waals surface area contributed by atoms with Crippen molar-refractivity contribution in [2.75, 3.05) is 0 Å². The Morgan fingerprint density at radius 3 is 2.38 bits per heavy atom. The number of furan rings is 1. The van der Waals surface area contributed by atoms with Crippen LogP contribution in [0.25, 0.3) is 44.3 Å². The molecule has 0 saturated heterocycles. The van der Waals surface area contributed by atoms with Gasteiger partial charge in [-0.05, 0) is 47.0 Å². The highest BCUT2D eigenvalue weighted by Gasteiger charge is 2.18. The Kier molecular flexibility index (Phi) is 4.77. The van der Waals surface area contributed by atoms with Gasteiger partial charge in [-0.15, -0.1) is 0 Å². The number of amides is 1. The monoisotopic (exact) mass is 442 g/mol. The number of aromatic nitrogens is 1. The van der Waals surface area contributed by atoms with Gasteiger partial charge in [0, 0.05) is 28.4 Å². The van der Waals surface area contributed by atoms with Crippen LogP contribution in [0.15, 0.2) is 114 Å². The third-order valence-corrected chi connectivity index (χ3v) is 6.39. The first-order valence-corrected chi connectivity index (χ1v) is 11.2. The molecule has 0 fully saturated rings. The quantitative estimate of drug-likeness (QED) is 0.317. The van der Waals surface area contributed by atoms with Crippen LogP contribution in [-0.4, -0.2) is 10.5 Å². The van der Waals surface area contributed by atoms with Gasteiger partial charge in [-0.3, -0.25) is 4.79 Å². The summed E-state index contributed by atoms with van der Waals surface area (Å²) in [6.45, 7) is 0.648. The minimum atomic E-state index is -0.426. The molecule has 0 aliphatic carbocycles. The van der Waals surface area contributed by atoms with Crippen molar-refractivity contribution in [3.8, 4) is 22.5 Å². The molecule has 0 aliphatic heterocycles. The Morgan fingerprint density at radius 1 is 0.765 bits per heavy atom. The molecule has 0 spiro atoms. The van der Waals surface area contributed by atoms with Gasteiger partial charge in [0.25, 0.3) is 0 Å². The summed E-state index contributed by atoms with van der Waals surface area (Å²) in [5.74, 6) is 0.378. The maximum absolute atomic E-state index is 12.3. The molecule has 164 valence electrons. The number of rotatable bonds is 5. The predicted octanol–water partition coefficient (Wildman–Crippen LogP) is 6.87. The first kappa shape index (κ1) is 20.1. The molecule has 6 rings (SSSR count). The lowest BCUT2D eigenvalue weighted by molar-refractivity contribution is 0.100. The van der Waals surface area contributed by atoms with Crippen LogP contribution in [0.3, 0.4) is 0 Å². The highest BCUT2D eigenvalue weighted by molar-refractivity contribution is 6.18. The number of nitrogens with zero attached hydrogens (tertiary/aromatic N) is 1. The summed E-state index contributed by atoms with van der Waals surface area (Å²) in [5.41, 5.74) is 12.9. The molecule has 0 unspecified atom stereocenters. The highest BCUT2D eigenvalue weighted by atomic mass is 16.3. The maximum Gasteiger partial charge on any atom is 0.249 e.